The number of fused-ring (bicyclic) bond motifs is 2. The minimum Gasteiger partial charge on any atom is -0.493 e. The molecule has 4 heterocycles. The van der Waals surface area contributed by atoms with Gasteiger partial charge in [-0.15, -0.1) is 0 Å². The molecule has 4 aliphatic rings. The molecule has 140 valence electrons. The van der Waals surface area contributed by atoms with Crippen LogP contribution < -0.4 is 14.2 Å². The van der Waals surface area contributed by atoms with Crippen molar-refractivity contribution in [3.8, 4) is 17.2 Å². The van der Waals surface area contributed by atoms with Crippen LogP contribution in [0.5, 0.6) is 17.2 Å². The minimum atomic E-state index is -0.167. The third-order valence-corrected chi connectivity index (χ3v) is 5.78. The first-order valence-electron chi connectivity index (χ1n) is 9.01. The lowest BCUT2D eigenvalue weighted by Gasteiger charge is -2.46. The van der Waals surface area contributed by atoms with Gasteiger partial charge in [-0.05, 0) is 43.6 Å². The van der Waals surface area contributed by atoms with Crippen LogP contribution in [-0.2, 0) is 4.79 Å². The molecule has 0 radical (unpaired) electrons. The van der Waals surface area contributed by atoms with Crippen LogP contribution in [0.4, 0.5) is 0 Å². The number of hydrazone groups is 1. The van der Waals surface area contributed by atoms with E-state index in [4.69, 9.17) is 19.3 Å². The number of piperidine rings is 3. The maximum atomic E-state index is 12.4. The maximum absolute atomic E-state index is 12.4. The average Bonchev–Trinajstić information content (AvgIpc) is 3.10. The summed E-state index contributed by atoms with van der Waals surface area (Å²) in [5.74, 6) is 2.17. The molecule has 2 atom stereocenters. The van der Waals surface area contributed by atoms with Gasteiger partial charge in [0.15, 0.2) is 11.5 Å². The summed E-state index contributed by atoms with van der Waals surface area (Å²) in [6, 6.07) is 3.83. The maximum Gasteiger partial charge on any atom is 0.240 e. The van der Waals surface area contributed by atoms with Crippen LogP contribution in [0, 0.1) is 5.92 Å². The van der Waals surface area contributed by atoms with E-state index < -0.39 is 0 Å². The van der Waals surface area contributed by atoms with Crippen LogP contribution in [-0.4, -0.2) is 62.0 Å². The molecule has 3 fully saturated rings. The Kier molecular flexibility index (Phi) is 4.26. The van der Waals surface area contributed by atoms with E-state index in [-0.39, 0.29) is 18.0 Å². The van der Waals surface area contributed by atoms with E-state index in [1.807, 2.05) is 12.1 Å². The summed E-state index contributed by atoms with van der Waals surface area (Å²) >= 11 is 0. The Morgan fingerprint density at radius 2 is 1.65 bits per heavy atom. The van der Waals surface area contributed by atoms with Gasteiger partial charge in [-0.25, -0.2) is 5.01 Å². The highest BCUT2D eigenvalue weighted by molar-refractivity contribution is 5.97. The van der Waals surface area contributed by atoms with Gasteiger partial charge in [0.2, 0.25) is 11.7 Å². The lowest BCUT2D eigenvalue weighted by molar-refractivity contribution is -0.131. The molecule has 7 heteroatoms. The van der Waals surface area contributed by atoms with Crippen molar-refractivity contribution in [1.82, 2.24) is 9.91 Å². The number of hydrogen-bond acceptors (Lipinski definition) is 6. The molecule has 26 heavy (non-hydrogen) atoms. The molecule has 0 spiro atoms. The summed E-state index contributed by atoms with van der Waals surface area (Å²) in [6.07, 6.45) is 2.26. The van der Waals surface area contributed by atoms with Crippen molar-refractivity contribution in [1.29, 1.82) is 0 Å². The van der Waals surface area contributed by atoms with Gasteiger partial charge in [-0.2, -0.15) is 5.10 Å². The van der Waals surface area contributed by atoms with E-state index in [1.54, 1.807) is 33.3 Å². The van der Waals surface area contributed by atoms with E-state index in [9.17, 15) is 4.79 Å². The number of nitrogens with zero attached hydrogens (tertiary/aromatic N) is 3. The highest BCUT2D eigenvalue weighted by Gasteiger charge is 2.50. The predicted molar refractivity (Wildman–Crippen MR) is 96.9 cm³/mol. The number of rotatable bonds is 4. The Balaban J connectivity index is 1.82. The largest absolute Gasteiger partial charge is 0.493 e. The summed E-state index contributed by atoms with van der Waals surface area (Å²) in [5.41, 5.74) is 2.10. The van der Waals surface area contributed by atoms with Gasteiger partial charge in [-0.3, -0.25) is 9.69 Å². The van der Waals surface area contributed by atoms with Crippen LogP contribution in [0.15, 0.2) is 17.2 Å². The second kappa shape index (κ2) is 6.46. The zero-order valence-corrected chi connectivity index (χ0v) is 15.7. The lowest BCUT2D eigenvalue weighted by Crippen LogP contribution is -2.56. The SMILES string of the molecule is COc1cc(C2C3C(=NN2C(C)=O)C2CCN3CC2)cc(OC)c1OC. The lowest BCUT2D eigenvalue weighted by atomic mass is 9.78. The normalized spacial score (nSPS) is 29.2. The smallest absolute Gasteiger partial charge is 0.240 e. The van der Waals surface area contributed by atoms with Gasteiger partial charge < -0.3 is 14.2 Å². The Bertz CT molecular complexity index is 730. The molecule has 4 aliphatic heterocycles. The van der Waals surface area contributed by atoms with Gasteiger partial charge in [0.25, 0.3) is 0 Å². The number of carbonyl (C=O) groups excluding carboxylic acids is 1. The first kappa shape index (κ1) is 17.1. The molecular formula is C19H25N3O4. The number of carbonyl (C=O) groups is 1. The monoisotopic (exact) mass is 359 g/mol. The molecule has 2 unspecified atom stereocenters. The van der Waals surface area contributed by atoms with E-state index in [0.29, 0.717) is 23.2 Å². The van der Waals surface area contributed by atoms with Crippen LogP contribution in [0.3, 0.4) is 0 Å². The van der Waals surface area contributed by atoms with Gasteiger partial charge >= 0.3 is 0 Å². The zero-order valence-electron chi connectivity index (χ0n) is 15.7. The van der Waals surface area contributed by atoms with Gasteiger partial charge in [0, 0.05) is 12.8 Å². The van der Waals surface area contributed by atoms with Crippen molar-refractivity contribution in [2.75, 3.05) is 34.4 Å². The fraction of sp³-hybridized carbons (Fsp3) is 0.579. The van der Waals surface area contributed by atoms with Crippen molar-refractivity contribution in [2.24, 2.45) is 11.0 Å². The summed E-state index contributed by atoms with van der Waals surface area (Å²) < 4.78 is 16.5. The number of methoxy groups -OCH3 is 3. The van der Waals surface area contributed by atoms with Crippen molar-refractivity contribution in [3.63, 3.8) is 0 Å². The number of hydrogen-bond donors (Lipinski definition) is 0. The molecule has 3 saturated heterocycles. The van der Waals surface area contributed by atoms with Gasteiger partial charge in [-0.1, -0.05) is 0 Å². The molecule has 1 amide bonds. The highest BCUT2D eigenvalue weighted by atomic mass is 16.5. The first-order valence-corrected chi connectivity index (χ1v) is 9.01. The van der Waals surface area contributed by atoms with Crippen LogP contribution >= 0.6 is 0 Å². The van der Waals surface area contributed by atoms with Crippen molar-refractivity contribution in [2.45, 2.75) is 31.8 Å². The van der Waals surface area contributed by atoms with E-state index in [2.05, 4.69) is 4.90 Å². The molecular weight excluding hydrogens is 334 g/mol. The Labute approximate surface area is 153 Å². The molecule has 0 N–H and O–H groups in total. The Hall–Kier alpha value is -2.28. The van der Waals surface area contributed by atoms with Crippen LogP contribution in [0.25, 0.3) is 0 Å². The first-order chi connectivity index (χ1) is 12.6. The second-order valence-electron chi connectivity index (χ2n) is 7.05. The summed E-state index contributed by atoms with van der Waals surface area (Å²) in [5, 5.41) is 6.39. The summed E-state index contributed by atoms with van der Waals surface area (Å²) in [4.78, 5) is 14.8. The molecule has 1 aromatic rings. The van der Waals surface area contributed by atoms with E-state index in [0.717, 1.165) is 37.2 Å². The van der Waals surface area contributed by atoms with Crippen molar-refractivity contribution >= 4 is 11.6 Å². The highest BCUT2D eigenvalue weighted by Crippen LogP contribution is 2.47. The average molecular weight is 359 g/mol. The minimum absolute atomic E-state index is 0.0498. The molecule has 0 saturated carbocycles. The standard InChI is InChI=1S/C19H25N3O4/c1-11(23)22-17(18-16(20-22)12-5-7-21(18)8-6-12)13-9-14(24-2)19(26-4)15(10-13)25-3/h9-10,12,17-18H,5-8H2,1-4H3. The quantitative estimate of drug-likeness (QED) is 0.823. The number of benzene rings is 1. The second-order valence-corrected chi connectivity index (χ2v) is 7.05. The van der Waals surface area contributed by atoms with Crippen LogP contribution in [0.2, 0.25) is 0 Å². The van der Waals surface area contributed by atoms with Crippen molar-refractivity contribution in [3.05, 3.63) is 17.7 Å². The topological polar surface area (TPSA) is 63.6 Å². The Morgan fingerprint density at radius 1 is 1.04 bits per heavy atom. The van der Waals surface area contributed by atoms with Crippen LogP contribution in [0.1, 0.15) is 31.4 Å². The molecule has 1 aromatic carbocycles. The number of ether oxygens (including phenoxy) is 3. The van der Waals surface area contributed by atoms with E-state index >= 15 is 0 Å². The molecule has 0 aromatic heterocycles. The summed E-state index contributed by atoms with van der Waals surface area (Å²) in [7, 11) is 4.80. The zero-order chi connectivity index (χ0) is 18.4. The predicted octanol–water partition coefficient (Wildman–Crippen LogP) is 2.07. The van der Waals surface area contributed by atoms with Crippen molar-refractivity contribution < 1.29 is 19.0 Å². The molecule has 2 bridgehead atoms. The van der Waals surface area contributed by atoms with Gasteiger partial charge in [0.1, 0.15) is 6.04 Å². The van der Waals surface area contributed by atoms with E-state index in [1.165, 1.54) is 0 Å². The Morgan fingerprint density at radius 3 is 2.15 bits per heavy atom. The fourth-order valence-electron chi connectivity index (χ4n) is 4.59. The molecule has 0 aliphatic carbocycles. The fourth-order valence-corrected chi connectivity index (χ4v) is 4.59. The number of amides is 1. The third-order valence-electron chi connectivity index (χ3n) is 5.78. The third kappa shape index (κ3) is 2.45. The van der Waals surface area contributed by atoms with Gasteiger partial charge in [0.05, 0.1) is 33.1 Å². The summed E-state index contributed by atoms with van der Waals surface area (Å²) in [6.45, 7) is 3.69. The molecule has 7 nitrogen and oxygen atoms in total. The molecule has 5 rings (SSSR count).